The Kier molecular flexibility index (Phi) is 42.3. The molecule has 9 nitrogen and oxygen atoms in total. The second-order valence-corrected chi connectivity index (χ2v) is 16.9. The number of carboxylic acids is 1. The summed E-state index contributed by atoms with van der Waals surface area (Å²) in [6.45, 7) is 3.47. The van der Waals surface area contributed by atoms with Crippen molar-refractivity contribution in [3.63, 3.8) is 0 Å². The molecule has 2 amide bonds. The molecular weight excluding hydrogens is 729 g/mol. The van der Waals surface area contributed by atoms with Gasteiger partial charge in [-0.1, -0.05) is 206 Å². The molecule has 340 valence electrons. The summed E-state index contributed by atoms with van der Waals surface area (Å²) in [5.41, 5.74) is 0. The van der Waals surface area contributed by atoms with E-state index in [1.165, 1.54) is 167 Å². The highest BCUT2D eigenvalue weighted by Crippen LogP contribution is 2.17. The number of amides is 2. The third kappa shape index (κ3) is 40.4. The first-order chi connectivity index (χ1) is 28.3. The van der Waals surface area contributed by atoms with Crippen molar-refractivity contribution < 1.29 is 34.1 Å². The van der Waals surface area contributed by atoms with Gasteiger partial charge in [-0.2, -0.15) is 0 Å². The molecule has 0 aromatic heterocycles. The molecule has 0 saturated heterocycles. The topological polar surface area (TPSA) is 142 Å². The van der Waals surface area contributed by atoms with E-state index < -0.39 is 24.5 Å². The van der Waals surface area contributed by atoms with Gasteiger partial charge in [-0.05, 0) is 44.6 Å². The van der Waals surface area contributed by atoms with Gasteiger partial charge in [-0.3, -0.25) is 14.4 Å². The molecule has 0 spiro atoms. The number of unbranched alkanes of at least 4 members (excludes halogenated alkanes) is 31. The molecule has 2 atom stereocenters. The number of aliphatic carboxylic acids is 1. The molecule has 58 heavy (non-hydrogen) atoms. The molecule has 0 radical (unpaired) electrons. The van der Waals surface area contributed by atoms with E-state index in [-0.39, 0.29) is 30.9 Å². The molecule has 0 aromatic rings. The van der Waals surface area contributed by atoms with E-state index in [0.29, 0.717) is 12.8 Å². The lowest BCUT2D eigenvalue weighted by Crippen LogP contribution is -2.47. The number of hydrogen-bond acceptors (Lipinski definition) is 6. The van der Waals surface area contributed by atoms with Gasteiger partial charge >= 0.3 is 11.9 Å². The van der Waals surface area contributed by atoms with Crippen LogP contribution in [0, 0.1) is 0 Å². The van der Waals surface area contributed by atoms with Crippen molar-refractivity contribution in [3.8, 4) is 0 Å². The van der Waals surface area contributed by atoms with Crippen LogP contribution in [0.3, 0.4) is 0 Å². The first-order valence-electron chi connectivity index (χ1n) is 24.6. The highest BCUT2D eigenvalue weighted by atomic mass is 16.5. The van der Waals surface area contributed by atoms with Crippen LogP contribution in [0.25, 0.3) is 0 Å². The Morgan fingerprint density at radius 3 is 1.34 bits per heavy atom. The number of carbonyl (C=O) groups excluding carboxylic acids is 3. The summed E-state index contributed by atoms with van der Waals surface area (Å²) < 4.78 is 5.93. The first-order valence-corrected chi connectivity index (χ1v) is 24.6. The Labute approximate surface area is 356 Å². The van der Waals surface area contributed by atoms with Crippen molar-refractivity contribution in [1.29, 1.82) is 0 Å². The zero-order chi connectivity index (χ0) is 42.6. The third-order valence-corrected chi connectivity index (χ3v) is 11.2. The molecule has 0 fully saturated rings. The number of aliphatic hydroxyl groups is 1. The molecule has 0 saturated carbocycles. The summed E-state index contributed by atoms with van der Waals surface area (Å²) in [6.07, 6.45) is 48.5. The van der Waals surface area contributed by atoms with E-state index in [9.17, 15) is 19.2 Å². The van der Waals surface area contributed by atoms with E-state index in [4.69, 9.17) is 14.9 Å². The van der Waals surface area contributed by atoms with Crippen molar-refractivity contribution in [2.45, 2.75) is 264 Å². The molecule has 0 aliphatic rings. The summed E-state index contributed by atoms with van der Waals surface area (Å²) >= 11 is 0. The average Bonchev–Trinajstić information content (AvgIpc) is 3.21. The Bertz CT molecular complexity index is 988. The van der Waals surface area contributed by atoms with Crippen LogP contribution in [0.4, 0.5) is 0 Å². The summed E-state index contributed by atoms with van der Waals surface area (Å²) in [5.74, 6) is -2.38. The first kappa shape index (κ1) is 55.6. The van der Waals surface area contributed by atoms with Crippen LogP contribution in [0.5, 0.6) is 0 Å². The lowest BCUT2D eigenvalue weighted by Gasteiger charge is -2.15. The number of carbonyl (C=O) groups is 4. The average molecular weight is 821 g/mol. The monoisotopic (exact) mass is 821 g/mol. The van der Waals surface area contributed by atoms with Crippen LogP contribution in [-0.2, 0) is 23.9 Å². The number of carboxylic acid groups (broad SMARTS) is 1. The number of esters is 1. The van der Waals surface area contributed by atoms with Gasteiger partial charge in [-0.25, -0.2) is 4.79 Å². The maximum absolute atomic E-state index is 12.8. The molecule has 2 unspecified atom stereocenters. The van der Waals surface area contributed by atoms with Crippen molar-refractivity contribution in [2.75, 3.05) is 13.2 Å². The van der Waals surface area contributed by atoms with Crippen LogP contribution in [-0.4, -0.2) is 59.3 Å². The summed E-state index contributed by atoms with van der Waals surface area (Å²) in [6, 6.07) is -1.39. The van der Waals surface area contributed by atoms with Crippen LogP contribution >= 0.6 is 0 Å². The second-order valence-electron chi connectivity index (χ2n) is 16.9. The maximum atomic E-state index is 12.8. The fourth-order valence-corrected chi connectivity index (χ4v) is 7.45. The quantitative estimate of drug-likeness (QED) is 0.0272. The lowest BCUT2D eigenvalue weighted by atomic mass is 10.0. The number of hydrogen-bond donors (Lipinski definition) is 4. The second kappa shape index (κ2) is 44.1. The molecule has 0 bridgehead atoms. The van der Waals surface area contributed by atoms with Crippen molar-refractivity contribution in [3.05, 3.63) is 12.2 Å². The minimum atomic E-state index is -1.39. The normalized spacial score (nSPS) is 12.5. The molecule has 0 rings (SSSR count). The number of ether oxygens (including phenoxy) is 1. The standard InChI is InChI=1S/C49H92N2O7/c1-3-5-7-9-11-13-14-15-16-17-18-19-20-21-22-23-24-25-26-27-29-31-37-41-48(55)58-44(38-34-30-28-12-10-8-6-4-2)39-35-32-33-36-40-46(53)50-42-47(54)51-45(43-52)49(56)57/h34,38,44-45,52H,3-33,35-37,39-43H2,1-2H3,(H,50,53)(H,51,54)(H,56,57)/b38-34-. The smallest absolute Gasteiger partial charge is 0.328 e. The summed E-state index contributed by atoms with van der Waals surface area (Å²) in [5, 5.41) is 22.6. The van der Waals surface area contributed by atoms with Gasteiger partial charge in [0.15, 0.2) is 0 Å². The largest absolute Gasteiger partial charge is 0.480 e. The highest BCUT2D eigenvalue weighted by molar-refractivity contribution is 5.87. The SMILES string of the molecule is CCCCCCCC/C=C\C(CCCCCCC(=O)NCC(=O)NC(CO)C(=O)O)OC(=O)CCCCCCCCCCCCCCCCCCCCCCCCC. The van der Waals surface area contributed by atoms with Gasteiger partial charge in [-0.15, -0.1) is 0 Å². The van der Waals surface area contributed by atoms with Crippen molar-refractivity contribution in [1.82, 2.24) is 10.6 Å². The van der Waals surface area contributed by atoms with Crippen LogP contribution < -0.4 is 10.6 Å². The van der Waals surface area contributed by atoms with E-state index in [1.54, 1.807) is 0 Å². The third-order valence-electron chi connectivity index (χ3n) is 11.2. The van der Waals surface area contributed by atoms with E-state index >= 15 is 0 Å². The minimum Gasteiger partial charge on any atom is -0.480 e. The fraction of sp³-hybridized carbons (Fsp3) is 0.878. The number of allylic oxidation sites excluding steroid dienone is 1. The molecule has 0 heterocycles. The molecule has 0 aromatic carbocycles. The van der Waals surface area contributed by atoms with Gasteiger partial charge in [0.2, 0.25) is 11.8 Å². The molecular formula is C49H92N2O7. The number of rotatable bonds is 45. The lowest BCUT2D eigenvalue weighted by molar-refractivity contribution is -0.147. The van der Waals surface area contributed by atoms with Crippen LogP contribution in [0.1, 0.15) is 251 Å². The molecule has 9 heteroatoms. The minimum absolute atomic E-state index is 0.105. The van der Waals surface area contributed by atoms with Gasteiger partial charge < -0.3 is 25.6 Å². The highest BCUT2D eigenvalue weighted by Gasteiger charge is 2.19. The van der Waals surface area contributed by atoms with Gasteiger partial charge in [0.05, 0.1) is 13.2 Å². The number of nitrogens with one attached hydrogen (secondary N) is 2. The Hall–Kier alpha value is -2.42. The Morgan fingerprint density at radius 2 is 0.914 bits per heavy atom. The predicted octanol–water partition coefficient (Wildman–Crippen LogP) is 12.6. The fourth-order valence-electron chi connectivity index (χ4n) is 7.45. The van der Waals surface area contributed by atoms with Crippen LogP contribution in [0.2, 0.25) is 0 Å². The van der Waals surface area contributed by atoms with E-state index in [1.807, 2.05) is 0 Å². The zero-order valence-electron chi connectivity index (χ0n) is 37.8. The maximum Gasteiger partial charge on any atom is 0.328 e. The molecule has 0 aliphatic heterocycles. The van der Waals surface area contributed by atoms with E-state index in [0.717, 1.165) is 51.4 Å². The Morgan fingerprint density at radius 1 is 0.517 bits per heavy atom. The van der Waals surface area contributed by atoms with Gasteiger partial charge in [0.25, 0.3) is 0 Å². The zero-order valence-corrected chi connectivity index (χ0v) is 37.8. The predicted molar refractivity (Wildman–Crippen MR) is 241 cm³/mol. The number of aliphatic hydroxyl groups excluding tert-OH is 1. The summed E-state index contributed by atoms with van der Waals surface area (Å²) in [7, 11) is 0. The van der Waals surface area contributed by atoms with Crippen molar-refractivity contribution >= 4 is 23.8 Å². The van der Waals surface area contributed by atoms with E-state index in [2.05, 4.69) is 36.6 Å². The summed E-state index contributed by atoms with van der Waals surface area (Å²) in [4.78, 5) is 47.6. The van der Waals surface area contributed by atoms with Crippen LogP contribution in [0.15, 0.2) is 12.2 Å². The molecule has 4 N–H and O–H groups in total. The van der Waals surface area contributed by atoms with Gasteiger partial charge in [0, 0.05) is 12.8 Å². The Balaban J connectivity index is 4.05. The van der Waals surface area contributed by atoms with Crippen molar-refractivity contribution in [2.24, 2.45) is 0 Å². The molecule has 0 aliphatic carbocycles. The van der Waals surface area contributed by atoms with Gasteiger partial charge in [0.1, 0.15) is 12.1 Å².